The minimum Gasteiger partial charge on any atom is -0.336 e. The molecule has 15 heavy (non-hydrogen) atoms. The number of carbonyl (C=O) groups is 1. The lowest BCUT2D eigenvalue weighted by Gasteiger charge is -2.01. The molecule has 0 radical (unpaired) electrons. The maximum atomic E-state index is 13.7. The number of aryl methyl sites for hydroxylation is 1. The van der Waals surface area contributed by atoms with E-state index < -0.39 is 0 Å². The quantitative estimate of drug-likeness (QED) is 0.763. The molecular weight excluding hydrogens is 195 g/mol. The van der Waals surface area contributed by atoms with Gasteiger partial charge in [0.05, 0.1) is 17.5 Å². The van der Waals surface area contributed by atoms with Crippen LogP contribution in [-0.4, -0.2) is 16.3 Å². The Morgan fingerprint density at radius 2 is 2.27 bits per heavy atom. The van der Waals surface area contributed by atoms with Crippen molar-refractivity contribution in [1.29, 1.82) is 0 Å². The van der Waals surface area contributed by atoms with E-state index >= 15 is 0 Å². The molecule has 0 fully saturated rings. The monoisotopic (exact) mass is 204 g/mol. The molecule has 0 aliphatic carbocycles. The first-order valence-corrected chi connectivity index (χ1v) is 4.48. The van der Waals surface area contributed by atoms with Crippen molar-refractivity contribution >= 4 is 6.29 Å². The van der Waals surface area contributed by atoms with Crippen molar-refractivity contribution < 1.29 is 9.18 Å². The SMILES string of the molecule is Cc1cccc(-c2ncc(C=O)[nH]2)c1F. The topological polar surface area (TPSA) is 45.8 Å². The molecular formula is C11H9FN2O. The number of aromatic nitrogens is 2. The van der Waals surface area contributed by atoms with Gasteiger partial charge in [0.25, 0.3) is 0 Å². The number of H-pyrrole nitrogens is 1. The average molecular weight is 204 g/mol. The molecule has 2 rings (SSSR count). The van der Waals surface area contributed by atoms with E-state index in [1.165, 1.54) is 6.20 Å². The number of benzene rings is 1. The van der Waals surface area contributed by atoms with E-state index in [2.05, 4.69) is 9.97 Å². The Bertz CT molecular complexity index is 505. The molecule has 1 heterocycles. The molecule has 0 spiro atoms. The number of hydrogen-bond donors (Lipinski definition) is 1. The molecule has 0 amide bonds. The van der Waals surface area contributed by atoms with Crippen molar-refractivity contribution in [2.45, 2.75) is 6.92 Å². The van der Waals surface area contributed by atoms with Crippen molar-refractivity contribution in [3.63, 3.8) is 0 Å². The van der Waals surface area contributed by atoms with E-state index in [0.717, 1.165) is 0 Å². The van der Waals surface area contributed by atoms with Gasteiger partial charge < -0.3 is 4.98 Å². The number of nitrogens with one attached hydrogen (secondary N) is 1. The van der Waals surface area contributed by atoms with Crippen LogP contribution >= 0.6 is 0 Å². The van der Waals surface area contributed by atoms with Gasteiger partial charge in [0.1, 0.15) is 11.6 Å². The lowest BCUT2D eigenvalue weighted by molar-refractivity contribution is 0.111. The standard InChI is InChI=1S/C11H9FN2O/c1-7-3-2-4-9(10(7)12)11-13-5-8(6-15)14-11/h2-6H,1H3,(H,13,14). The Hall–Kier alpha value is -1.97. The molecule has 1 aromatic carbocycles. The van der Waals surface area contributed by atoms with Crippen LogP contribution in [0.5, 0.6) is 0 Å². The Morgan fingerprint density at radius 3 is 2.93 bits per heavy atom. The minimum atomic E-state index is -0.315. The van der Waals surface area contributed by atoms with Gasteiger partial charge in [-0.15, -0.1) is 0 Å². The fourth-order valence-corrected chi connectivity index (χ4v) is 1.36. The number of aromatic amines is 1. The molecule has 0 saturated heterocycles. The van der Waals surface area contributed by atoms with Crippen molar-refractivity contribution in [2.24, 2.45) is 0 Å². The summed E-state index contributed by atoms with van der Waals surface area (Å²) in [5.74, 6) is 0.0580. The van der Waals surface area contributed by atoms with Gasteiger partial charge in [-0.25, -0.2) is 9.37 Å². The zero-order chi connectivity index (χ0) is 10.8. The number of imidazole rings is 1. The zero-order valence-corrected chi connectivity index (χ0v) is 8.12. The van der Waals surface area contributed by atoms with Gasteiger partial charge in [0.2, 0.25) is 0 Å². The molecule has 76 valence electrons. The maximum absolute atomic E-state index is 13.7. The highest BCUT2D eigenvalue weighted by Crippen LogP contribution is 2.21. The van der Waals surface area contributed by atoms with Crippen LogP contribution in [-0.2, 0) is 0 Å². The van der Waals surface area contributed by atoms with Gasteiger partial charge in [0.15, 0.2) is 6.29 Å². The summed E-state index contributed by atoms with van der Waals surface area (Å²) in [6.07, 6.45) is 2.02. The van der Waals surface area contributed by atoms with E-state index in [0.29, 0.717) is 28.9 Å². The summed E-state index contributed by atoms with van der Waals surface area (Å²) >= 11 is 0. The summed E-state index contributed by atoms with van der Waals surface area (Å²) < 4.78 is 13.7. The van der Waals surface area contributed by atoms with Crippen LogP contribution < -0.4 is 0 Å². The van der Waals surface area contributed by atoms with E-state index in [9.17, 15) is 9.18 Å². The molecule has 1 N–H and O–H groups in total. The van der Waals surface area contributed by atoms with Gasteiger partial charge in [-0.3, -0.25) is 4.79 Å². The largest absolute Gasteiger partial charge is 0.336 e. The highest BCUT2D eigenvalue weighted by molar-refractivity contribution is 5.73. The maximum Gasteiger partial charge on any atom is 0.167 e. The van der Waals surface area contributed by atoms with Gasteiger partial charge in [-0.05, 0) is 18.6 Å². The lowest BCUT2D eigenvalue weighted by atomic mass is 10.1. The van der Waals surface area contributed by atoms with Crippen LogP contribution in [0.4, 0.5) is 4.39 Å². The summed E-state index contributed by atoms with van der Waals surface area (Å²) in [6.45, 7) is 1.68. The molecule has 0 aliphatic heterocycles. The number of rotatable bonds is 2. The third kappa shape index (κ3) is 1.66. The Morgan fingerprint density at radius 1 is 1.47 bits per heavy atom. The van der Waals surface area contributed by atoms with Crippen LogP contribution in [0.15, 0.2) is 24.4 Å². The fourth-order valence-electron chi connectivity index (χ4n) is 1.36. The fraction of sp³-hybridized carbons (Fsp3) is 0.0909. The van der Waals surface area contributed by atoms with E-state index in [1.54, 1.807) is 25.1 Å². The summed E-state index contributed by atoms with van der Waals surface area (Å²) in [5.41, 5.74) is 1.27. The highest BCUT2D eigenvalue weighted by atomic mass is 19.1. The van der Waals surface area contributed by atoms with Crippen LogP contribution in [0.1, 0.15) is 16.1 Å². The Kier molecular flexibility index (Phi) is 2.33. The predicted octanol–water partition coefficient (Wildman–Crippen LogP) is 2.34. The molecule has 4 heteroatoms. The summed E-state index contributed by atoms with van der Waals surface area (Å²) in [4.78, 5) is 17.1. The molecule has 2 aromatic rings. The second-order valence-electron chi connectivity index (χ2n) is 3.24. The highest BCUT2D eigenvalue weighted by Gasteiger charge is 2.09. The normalized spacial score (nSPS) is 10.3. The second kappa shape index (κ2) is 3.65. The molecule has 0 atom stereocenters. The third-order valence-corrected chi connectivity index (χ3v) is 2.17. The first-order chi connectivity index (χ1) is 7.22. The molecule has 0 aliphatic rings. The minimum absolute atomic E-state index is 0.315. The van der Waals surface area contributed by atoms with Crippen LogP contribution in [0.2, 0.25) is 0 Å². The van der Waals surface area contributed by atoms with Crippen molar-refractivity contribution in [1.82, 2.24) is 9.97 Å². The molecule has 0 unspecified atom stereocenters. The molecule has 1 aromatic heterocycles. The van der Waals surface area contributed by atoms with E-state index in [-0.39, 0.29) is 5.82 Å². The van der Waals surface area contributed by atoms with E-state index in [1.807, 2.05) is 0 Å². The predicted molar refractivity (Wildman–Crippen MR) is 54.1 cm³/mol. The number of halogens is 1. The summed E-state index contributed by atoms with van der Waals surface area (Å²) in [6, 6.07) is 5.05. The number of nitrogens with zero attached hydrogens (tertiary/aromatic N) is 1. The molecule has 3 nitrogen and oxygen atoms in total. The van der Waals surface area contributed by atoms with Gasteiger partial charge in [-0.2, -0.15) is 0 Å². The Labute approximate surface area is 86.0 Å². The van der Waals surface area contributed by atoms with Crippen LogP contribution in [0, 0.1) is 12.7 Å². The number of hydrogen-bond acceptors (Lipinski definition) is 2. The average Bonchev–Trinajstić information content (AvgIpc) is 2.70. The summed E-state index contributed by atoms with van der Waals surface area (Å²) in [7, 11) is 0. The number of aldehydes is 1. The van der Waals surface area contributed by atoms with Crippen molar-refractivity contribution in [3.05, 3.63) is 41.5 Å². The molecule has 0 bridgehead atoms. The number of carbonyl (C=O) groups excluding carboxylic acids is 1. The van der Waals surface area contributed by atoms with Gasteiger partial charge in [0, 0.05) is 0 Å². The van der Waals surface area contributed by atoms with Crippen LogP contribution in [0.25, 0.3) is 11.4 Å². The van der Waals surface area contributed by atoms with Crippen molar-refractivity contribution in [3.8, 4) is 11.4 Å². The first-order valence-electron chi connectivity index (χ1n) is 4.48. The smallest absolute Gasteiger partial charge is 0.167 e. The van der Waals surface area contributed by atoms with Crippen LogP contribution in [0.3, 0.4) is 0 Å². The molecule has 0 saturated carbocycles. The lowest BCUT2D eigenvalue weighted by Crippen LogP contribution is -1.90. The first kappa shape index (κ1) is 9.58. The zero-order valence-electron chi connectivity index (χ0n) is 8.12. The Balaban J connectivity index is 2.53. The second-order valence-corrected chi connectivity index (χ2v) is 3.24. The van der Waals surface area contributed by atoms with Crippen molar-refractivity contribution in [2.75, 3.05) is 0 Å². The third-order valence-electron chi connectivity index (χ3n) is 2.17. The van der Waals surface area contributed by atoms with Gasteiger partial charge >= 0.3 is 0 Å². The van der Waals surface area contributed by atoms with Gasteiger partial charge in [-0.1, -0.05) is 12.1 Å². The van der Waals surface area contributed by atoms with E-state index in [4.69, 9.17) is 0 Å². The summed E-state index contributed by atoms with van der Waals surface area (Å²) in [5, 5.41) is 0.